The standard InChI is InChI=1S/C18H19F3N4O/c1-12-2-8-15(9-3-12)25-17(22)24-11-10-23-16(26)13-4-6-14(7-5-13)18(19,20)21/h2-9H,10-11H2,1H3,(H,23,26)(H3,22,24,25). The molecule has 0 unspecified atom stereocenters. The van der Waals surface area contributed by atoms with Crippen molar-refractivity contribution in [3.05, 3.63) is 65.2 Å². The van der Waals surface area contributed by atoms with Crippen molar-refractivity contribution in [2.75, 3.05) is 18.4 Å². The largest absolute Gasteiger partial charge is 0.416 e. The molecule has 0 atom stereocenters. The van der Waals surface area contributed by atoms with Gasteiger partial charge in [0.05, 0.1) is 12.1 Å². The van der Waals surface area contributed by atoms with Crippen LogP contribution in [0.25, 0.3) is 0 Å². The molecule has 26 heavy (non-hydrogen) atoms. The molecule has 0 radical (unpaired) electrons. The number of halogens is 3. The number of hydrogen-bond acceptors (Lipinski definition) is 2. The highest BCUT2D eigenvalue weighted by Crippen LogP contribution is 2.29. The molecule has 138 valence electrons. The molecule has 2 aromatic carbocycles. The van der Waals surface area contributed by atoms with Gasteiger partial charge in [-0.3, -0.25) is 9.79 Å². The van der Waals surface area contributed by atoms with Gasteiger partial charge in [0.1, 0.15) is 0 Å². The lowest BCUT2D eigenvalue weighted by atomic mass is 10.1. The van der Waals surface area contributed by atoms with Crippen LogP contribution in [0, 0.1) is 6.92 Å². The zero-order chi connectivity index (χ0) is 19.2. The third kappa shape index (κ3) is 5.80. The van der Waals surface area contributed by atoms with E-state index in [1.807, 2.05) is 31.2 Å². The van der Waals surface area contributed by atoms with Gasteiger partial charge in [-0.15, -0.1) is 0 Å². The summed E-state index contributed by atoms with van der Waals surface area (Å²) < 4.78 is 37.5. The van der Waals surface area contributed by atoms with Gasteiger partial charge < -0.3 is 16.4 Å². The first-order valence-electron chi connectivity index (χ1n) is 7.85. The first-order valence-corrected chi connectivity index (χ1v) is 7.85. The summed E-state index contributed by atoms with van der Waals surface area (Å²) in [6, 6.07) is 11.6. The Hall–Kier alpha value is -3.03. The summed E-state index contributed by atoms with van der Waals surface area (Å²) in [7, 11) is 0. The first kappa shape index (κ1) is 19.3. The maximum Gasteiger partial charge on any atom is 0.416 e. The zero-order valence-corrected chi connectivity index (χ0v) is 14.1. The molecule has 0 fully saturated rings. The smallest absolute Gasteiger partial charge is 0.370 e. The molecule has 0 saturated heterocycles. The summed E-state index contributed by atoms with van der Waals surface area (Å²) in [4.78, 5) is 16.0. The van der Waals surface area contributed by atoms with Gasteiger partial charge in [0, 0.05) is 17.8 Å². The number of hydrogen-bond donors (Lipinski definition) is 3. The van der Waals surface area contributed by atoms with Gasteiger partial charge in [0.15, 0.2) is 5.96 Å². The number of carbonyl (C=O) groups is 1. The maximum absolute atomic E-state index is 12.5. The van der Waals surface area contributed by atoms with Crippen molar-refractivity contribution in [1.82, 2.24) is 5.32 Å². The molecule has 0 spiro atoms. The molecule has 0 saturated carbocycles. The van der Waals surface area contributed by atoms with E-state index in [0.717, 1.165) is 35.5 Å². The van der Waals surface area contributed by atoms with E-state index in [-0.39, 0.29) is 24.6 Å². The van der Waals surface area contributed by atoms with Crippen LogP contribution in [0.1, 0.15) is 21.5 Å². The topological polar surface area (TPSA) is 79.5 Å². The first-order chi connectivity index (χ1) is 12.3. The van der Waals surface area contributed by atoms with E-state index >= 15 is 0 Å². The van der Waals surface area contributed by atoms with Crippen molar-refractivity contribution < 1.29 is 18.0 Å². The number of aliphatic imine (C=N–C) groups is 1. The van der Waals surface area contributed by atoms with Crippen LogP contribution in [0.2, 0.25) is 0 Å². The molecule has 8 heteroatoms. The number of carbonyl (C=O) groups excluding carboxylic acids is 1. The van der Waals surface area contributed by atoms with Crippen LogP contribution < -0.4 is 16.4 Å². The van der Waals surface area contributed by atoms with Crippen molar-refractivity contribution in [1.29, 1.82) is 0 Å². The Morgan fingerprint density at radius 1 is 1.08 bits per heavy atom. The lowest BCUT2D eigenvalue weighted by Crippen LogP contribution is -2.28. The number of nitrogens with one attached hydrogen (secondary N) is 2. The molecule has 5 nitrogen and oxygen atoms in total. The summed E-state index contributed by atoms with van der Waals surface area (Å²) in [6.45, 7) is 2.41. The minimum Gasteiger partial charge on any atom is -0.370 e. The predicted molar refractivity (Wildman–Crippen MR) is 95.1 cm³/mol. The number of amides is 1. The second-order valence-electron chi connectivity index (χ2n) is 5.59. The monoisotopic (exact) mass is 364 g/mol. The number of nitrogens with two attached hydrogens (primary N) is 1. The number of guanidine groups is 1. The summed E-state index contributed by atoms with van der Waals surface area (Å²) >= 11 is 0. The minimum atomic E-state index is -4.42. The predicted octanol–water partition coefficient (Wildman–Crippen LogP) is 3.17. The Morgan fingerprint density at radius 2 is 1.69 bits per heavy atom. The van der Waals surface area contributed by atoms with Crippen molar-refractivity contribution >= 4 is 17.6 Å². The van der Waals surface area contributed by atoms with Crippen molar-refractivity contribution in [2.45, 2.75) is 13.1 Å². The SMILES string of the molecule is Cc1ccc(NC(N)=NCCNC(=O)c2ccc(C(F)(F)F)cc2)cc1. The number of anilines is 1. The van der Waals surface area contributed by atoms with Crippen LogP contribution in [0.4, 0.5) is 18.9 Å². The van der Waals surface area contributed by atoms with Crippen LogP contribution in [-0.2, 0) is 6.18 Å². The highest BCUT2D eigenvalue weighted by Gasteiger charge is 2.30. The van der Waals surface area contributed by atoms with Gasteiger partial charge >= 0.3 is 6.18 Å². The Labute approximate surface area is 149 Å². The third-order valence-corrected chi connectivity index (χ3v) is 3.48. The van der Waals surface area contributed by atoms with Gasteiger partial charge in [-0.05, 0) is 43.3 Å². The molecule has 2 aromatic rings. The van der Waals surface area contributed by atoms with Crippen LogP contribution in [0.5, 0.6) is 0 Å². The van der Waals surface area contributed by atoms with Gasteiger partial charge in [-0.2, -0.15) is 13.2 Å². The summed E-state index contributed by atoms with van der Waals surface area (Å²) in [5.41, 5.74) is 7.02. The Bertz CT molecular complexity index is 769. The quantitative estimate of drug-likeness (QED) is 0.433. The van der Waals surface area contributed by atoms with Crippen LogP contribution in [0.15, 0.2) is 53.5 Å². The highest BCUT2D eigenvalue weighted by molar-refractivity contribution is 5.94. The molecule has 2 rings (SSSR count). The normalized spacial score (nSPS) is 11.9. The average molecular weight is 364 g/mol. The van der Waals surface area contributed by atoms with E-state index in [0.29, 0.717) is 0 Å². The molecule has 0 aliphatic heterocycles. The number of nitrogens with zero attached hydrogens (tertiary/aromatic N) is 1. The van der Waals surface area contributed by atoms with E-state index in [1.165, 1.54) is 0 Å². The molecule has 0 aliphatic carbocycles. The highest BCUT2D eigenvalue weighted by atomic mass is 19.4. The zero-order valence-electron chi connectivity index (χ0n) is 14.1. The Balaban J connectivity index is 1.79. The lowest BCUT2D eigenvalue weighted by Gasteiger charge is -2.08. The average Bonchev–Trinajstić information content (AvgIpc) is 2.60. The van der Waals surface area contributed by atoms with E-state index in [2.05, 4.69) is 15.6 Å². The molecule has 0 aromatic heterocycles. The van der Waals surface area contributed by atoms with E-state index in [4.69, 9.17) is 5.73 Å². The van der Waals surface area contributed by atoms with Crippen molar-refractivity contribution in [3.63, 3.8) is 0 Å². The molecular formula is C18H19F3N4O. The van der Waals surface area contributed by atoms with Crippen molar-refractivity contribution in [2.24, 2.45) is 10.7 Å². The molecular weight excluding hydrogens is 345 g/mol. The van der Waals surface area contributed by atoms with E-state index in [9.17, 15) is 18.0 Å². The number of aryl methyl sites for hydroxylation is 1. The van der Waals surface area contributed by atoms with Gasteiger partial charge in [0.2, 0.25) is 0 Å². The molecule has 0 heterocycles. The van der Waals surface area contributed by atoms with E-state index < -0.39 is 17.6 Å². The number of benzene rings is 2. The van der Waals surface area contributed by atoms with Crippen LogP contribution >= 0.6 is 0 Å². The Kier molecular flexibility index (Phi) is 6.21. The fourth-order valence-electron chi connectivity index (χ4n) is 2.08. The fraction of sp³-hybridized carbons (Fsp3) is 0.222. The third-order valence-electron chi connectivity index (χ3n) is 3.48. The second-order valence-corrected chi connectivity index (χ2v) is 5.59. The van der Waals surface area contributed by atoms with Crippen LogP contribution in [-0.4, -0.2) is 25.0 Å². The summed E-state index contributed by atoms with van der Waals surface area (Å²) in [5.74, 6) is -0.267. The number of alkyl halides is 3. The van der Waals surface area contributed by atoms with Crippen molar-refractivity contribution in [3.8, 4) is 0 Å². The van der Waals surface area contributed by atoms with Gasteiger partial charge in [-0.25, -0.2) is 0 Å². The number of rotatable bonds is 5. The molecule has 1 amide bonds. The fourth-order valence-corrected chi connectivity index (χ4v) is 2.08. The molecule has 4 N–H and O–H groups in total. The second kappa shape index (κ2) is 8.37. The Morgan fingerprint density at radius 3 is 2.27 bits per heavy atom. The van der Waals surface area contributed by atoms with Gasteiger partial charge in [0.25, 0.3) is 5.91 Å². The molecule has 0 bridgehead atoms. The summed E-state index contributed by atoms with van der Waals surface area (Å²) in [5, 5.41) is 5.49. The maximum atomic E-state index is 12.5. The van der Waals surface area contributed by atoms with Crippen LogP contribution in [0.3, 0.4) is 0 Å². The lowest BCUT2D eigenvalue weighted by molar-refractivity contribution is -0.137. The molecule has 0 aliphatic rings. The van der Waals surface area contributed by atoms with E-state index in [1.54, 1.807) is 0 Å². The summed E-state index contributed by atoms with van der Waals surface area (Å²) in [6.07, 6.45) is -4.42. The minimum absolute atomic E-state index is 0.146. The van der Waals surface area contributed by atoms with Gasteiger partial charge in [-0.1, -0.05) is 17.7 Å².